The highest BCUT2D eigenvalue weighted by molar-refractivity contribution is 6.34. The SMILES string of the molecule is COC(=O)CCC(=O)Nc1cc(-c2nc3c(Cl)c(C(C)(C)C)[nH]n3n2)ccc1O. The van der Waals surface area contributed by atoms with Crippen LogP contribution in [0, 0.1) is 0 Å². The van der Waals surface area contributed by atoms with Crippen molar-refractivity contribution in [2.24, 2.45) is 0 Å². The van der Waals surface area contributed by atoms with Gasteiger partial charge in [0.15, 0.2) is 11.5 Å². The number of carbonyl (C=O) groups excluding carboxylic acids is 2. The number of anilines is 1. The number of carbonyl (C=O) groups is 2. The molecule has 3 rings (SSSR count). The molecule has 9 nitrogen and oxygen atoms in total. The van der Waals surface area contributed by atoms with Crippen LogP contribution in [0.1, 0.15) is 39.3 Å². The molecule has 0 saturated heterocycles. The number of amides is 1. The lowest BCUT2D eigenvalue weighted by Gasteiger charge is -2.16. The average molecular weight is 420 g/mol. The highest BCUT2D eigenvalue weighted by atomic mass is 35.5. The van der Waals surface area contributed by atoms with Gasteiger partial charge in [0.05, 0.1) is 24.9 Å². The van der Waals surface area contributed by atoms with Gasteiger partial charge in [-0.2, -0.15) is 4.63 Å². The largest absolute Gasteiger partial charge is 0.506 e. The van der Waals surface area contributed by atoms with Crippen molar-refractivity contribution >= 4 is 34.8 Å². The Bertz CT molecular complexity index is 1080. The molecule has 0 radical (unpaired) electrons. The first-order chi connectivity index (χ1) is 13.6. The van der Waals surface area contributed by atoms with Crippen molar-refractivity contribution < 1.29 is 19.4 Å². The fraction of sp³-hybridized carbons (Fsp3) is 0.368. The summed E-state index contributed by atoms with van der Waals surface area (Å²) in [6, 6.07) is 4.62. The Kier molecular flexibility index (Phi) is 5.52. The Morgan fingerprint density at radius 3 is 2.66 bits per heavy atom. The zero-order valence-electron chi connectivity index (χ0n) is 16.5. The first-order valence-electron chi connectivity index (χ1n) is 8.95. The number of benzene rings is 1. The van der Waals surface area contributed by atoms with E-state index < -0.39 is 11.9 Å². The van der Waals surface area contributed by atoms with Crippen LogP contribution in [0.5, 0.6) is 5.75 Å². The van der Waals surface area contributed by atoms with E-state index >= 15 is 0 Å². The lowest BCUT2D eigenvalue weighted by Crippen LogP contribution is -2.14. The van der Waals surface area contributed by atoms with Gasteiger partial charge in [-0.25, -0.2) is 4.98 Å². The number of nitrogens with one attached hydrogen (secondary N) is 2. The Hall–Kier alpha value is -3.07. The highest BCUT2D eigenvalue weighted by Gasteiger charge is 2.24. The third-order valence-electron chi connectivity index (χ3n) is 4.30. The van der Waals surface area contributed by atoms with Crippen molar-refractivity contribution in [3.63, 3.8) is 0 Å². The number of aromatic amines is 1. The number of rotatable bonds is 5. The fourth-order valence-electron chi connectivity index (χ4n) is 2.72. The first-order valence-corrected chi connectivity index (χ1v) is 9.32. The van der Waals surface area contributed by atoms with Crippen LogP contribution in [0.3, 0.4) is 0 Å². The van der Waals surface area contributed by atoms with Gasteiger partial charge >= 0.3 is 5.97 Å². The summed E-state index contributed by atoms with van der Waals surface area (Å²) in [5, 5.41) is 20.7. The van der Waals surface area contributed by atoms with Crippen LogP contribution in [0.4, 0.5) is 5.69 Å². The van der Waals surface area contributed by atoms with E-state index in [1.54, 1.807) is 12.1 Å². The van der Waals surface area contributed by atoms with Crippen LogP contribution in [0.15, 0.2) is 18.2 Å². The molecule has 2 aromatic heterocycles. The Morgan fingerprint density at radius 2 is 2.03 bits per heavy atom. The van der Waals surface area contributed by atoms with Crippen LogP contribution in [-0.4, -0.2) is 43.9 Å². The number of aromatic nitrogens is 4. The van der Waals surface area contributed by atoms with E-state index in [0.29, 0.717) is 22.1 Å². The minimum absolute atomic E-state index is 0.0509. The number of phenols is 1. The lowest BCUT2D eigenvalue weighted by molar-refractivity contribution is -0.141. The van der Waals surface area contributed by atoms with E-state index in [4.69, 9.17) is 11.6 Å². The summed E-state index contributed by atoms with van der Waals surface area (Å²) < 4.78 is 6.01. The van der Waals surface area contributed by atoms with Gasteiger partial charge in [0, 0.05) is 17.4 Å². The number of halogens is 1. The minimum Gasteiger partial charge on any atom is -0.506 e. The van der Waals surface area contributed by atoms with Crippen LogP contribution in [0.25, 0.3) is 17.0 Å². The number of esters is 1. The molecule has 1 aromatic carbocycles. The molecule has 0 bridgehead atoms. The monoisotopic (exact) mass is 419 g/mol. The molecule has 0 aliphatic carbocycles. The smallest absolute Gasteiger partial charge is 0.306 e. The second-order valence-corrected chi connectivity index (χ2v) is 7.96. The quantitative estimate of drug-likeness (QED) is 0.431. The number of ether oxygens (including phenoxy) is 1. The molecular weight excluding hydrogens is 398 g/mol. The van der Waals surface area contributed by atoms with Crippen molar-refractivity contribution in [1.29, 1.82) is 0 Å². The number of fused-ring (bicyclic) bond motifs is 1. The van der Waals surface area contributed by atoms with E-state index in [2.05, 4.69) is 25.2 Å². The van der Waals surface area contributed by atoms with Crippen molar-refractivity contribution in [3.05, 3.63) is 28.9 Å². The number of hydrogen-bond acceptors (Lipinski definition) is 6. The van der Waals surface area contributed by atoms with Gasteiger partial charge in [-0.3, -0.25) is 14.7 Å². The standard InChI is InChI=1S/C19H22ClN5O4/c1-19(2,3)16-15(20)18-22-17(24-25(18)23-16)10-5-6-12(26)11(9-10)21-13(27)7-8-14(28)29-4/h5-6,9,23,26H,7-8H2,1-4H3,(H,21,27). The maximum atomic E-state index is 12.0. The van der Waals surface area contributed by atoms with Gasteiger partial charge in [0.1, 0.15) is 10.8 Å². The molecule has 0 aliphatic heterocycles. The zero-order chi connectivity index (χ0) is 21.3. The number of hydrogen-bond donors (Lipinski definition) is 3. The molecule has 29 heavy (non-hydrogen) atoms. The molecule has 154 valence electrons. The molecule has 0 atom stereocenters. The Balaban J connectivity index is 1.85. The minimum atomic E-state index is -0.484. The highest BCUT2D eigenvalue weighted by Crippen LogP contribution is 2.33. The Labute approximate surface area is 172 Å². The third kappa shape index (κ3) is 4.34. The van der Waals surface area contributed by atoms with Gasteiger partial charge in [0.25, 0.3) is 0 Å². The number of nitrogens with zero attached hydrogens (tertiary/aromatic N) is 3. The van der Waals surface area contributed by atoms with Crippen LogP contribution in [0.2, 0.25) is 5.02 Å². The second-order valence-electron chi connectivity index (χ2n) is 7.58. The number of aromatic hydroxyl groups is 1. The normalized spacial score (nSPS) is 11.6. The summed E-state index contributed by atoms with van der Waals surface area (Å²) in [4.78, 5) is 27.7. The van der Waals surface area contributed by atoms with Crippen LogP contribution >= 0.6 is 11.6 Å². The van der Waals surface area contributed by atoms with E-state index in [0.717, 1.165) is 5.69 Å². The summed E-state index contributed by atoms with van der Waals surface area (Å²) in [7, 11) is 1.26. The van der Waals surface area contributed by atoms with Gasteiger partial charge in [-0.1, -0.05) is 32.4 Å². The summed E-state index contributed by atoms with van der Waals surface area (Å²) in [6.45, 7) is 6.08. The molecule has 0 aliphatic rings. The summed E-state index contributed by atoms with van der Waals surface area (Å²) >= 11 is 6.45. The van der Waals surface area contributed by atoms with E-state index in [9.17, 15) is 14.7 Å². The van der Waals surface area contributed by atoms with Crippen LogP contribution < -0.4 is 5.32 Å². The molecule has 2 heterocycles. The van der Waals surface area contributed by atoms with Gasteiger partial charge in [-0.05, 0) is 18.2 Å². The maximum absolute atomic E-state index is 12.0. The number of phenolic OH excluding ortho intramolecular Hbond substituents is 1. The van der Waals surface area contributed by atoms with Gasteiger partial charge < -0.3 is 15.2 Å². The van der Waals surface area contributed by atoms with E-state index in [-0.39, 0.29) is 29.7 Å². The average Bonchev–Trinajstić information content (AvgIpc) is 3.21. The molecule has 1 amide bonds. The second kappa shape index (κ2) is 7.75. The summed E-state index contributed by atoms with van der Waals surface area (Å²) in [5.74, 6) is -0.644. The molecular formula is C19H22ClN5O4. The summed E-state index contributed by atoms with van der Waals surface area (Å²) in [6.07, 6.45) is -0.113. The first kappa shape index (κ1) is 20.7. The van der Waals surface area contributed by atoms with E-state index in [1.165, 1.54) is 17.8 Å². The predicted molar refractivity (Wildman–Crippen MR) is 108 cm³/mol. The predicted octanol–water partition coefficient (Wildman–Crippen LogP) is 3.27. The van der Waals surface area contributed by atoms with Crippen molar-refractivity contribution in [1.82, 2.24) is 19.8 Å². The molecule has 0 fully saturated rings. The molecule has 3 aromatic rings. The molecule has 0 spiro atoms. The van der Waals surface area contributed by atoms with Crippen molar-refractivity contribution in [2.45, 2.75) is 39.0 Å². The lowest BCUT2D eigenvalue weighted by atomic mass is 9.92. The molecule has 3 N–H and O–H groups in total. The summed E-state index contributed by atoms with van der Waals surface area (Å²) in [5.41, 5.74) is 1.89. The van der Waals surface area contributed by atoms with Gasteiger partial charge in [0.2, 0.25) is 5.91 Å². The van der Waals surface area contributed by atoms with Crippen molar-refractivity contribution in [3.8, 4) is 17.1 Å². The zero-order valence-corrected chi connectivity index (χ0v) is 17.3. The third-order valence-corrected chi connectivity index (χ3v) is 4.66. The fourth-order valence-corrected chi connectivity index (χ4v) is 3.17. The number of H-pyrrole nitrogens is 1. The van der Waals surface area contributed by atoms with Crippen molar-refractivity contribution in [2.75, 3.05) is 12.4 Å². The maximum Gasteiger partial charge on any atom is 0.306 e. The van der Waals surface area contributed by atoms with Gasteiger partial charge in [-0.15, -0.1) is 5.10 Å². The molecule has 0 saturated carbocycles. The molecule has 10 heteroatoms. The van der Waals surface area contributed by atoms with Crippen LogP contribution in [-0.2, 0) is 19.7 Å². The van der Waals surface area contributed by atoms with E-state index in [1.807, 2.05) is 20.8 Å². The topological polar surface area (TPSA) is 122 Å². The number of methoxy groups -OCH3 is 1. The molecule has 0 unspecified atom stereocenters. The Morgan fingerprint density at radius 1 is 1.31 bits per heavy atom.